The van der Waals surface area contributed by atoms with Gasteiger partial charge >= 0.3 is 0 Å². The van der Waals surface area contributed by atoms with Crippen molar-refractivity contribution in [1.82, 2.24) is 9.88 Å². The average molecular weight is 238 g/mol. The molecule has 0 bridgehead atoms. The summed E-state index contributed by atoms with van der Waals surface area (Å²) in [6.45, 7) is 1.75. The summed E-state index contributed by atoms with van der Waals surface area (Å²) in [5.74, 6) is 0.126. The van der Waals surface area contributed by atoms with Gasteiger partial charge in [0, 0.05) is 36.6 Å². The number of hydrogen-bond donors (Lipinski definition) is 0. The third-order valence-electron chi connectivity index (χ3n) is 3.27. The Morgan fingerprint density at radius 2 is 1.94 bits per heavy atom. The van der Waals surface area contributed by atoms with Crippen LogP contribution in [0.1, 0.15) is 16.8 Å². The van der Waals surface area contributed by atoms with Gasteiger partial charge in [0.25, 0.3) is 5.91 Å². The molecule has 3 heteroatoms. The molecule has 0 N–H and O–H groups in total. The van der Waals surface area contributed by atoms with Crippen LogP contribution in [0.5, 0.6) is 0 Å². The van der Waals surface area contributed by atoms with E-state index >= 15 is 0 Å². The van der Waals surface area contributed by atoms with Crippen LogP contribution in [0.15, 0.2) is 48.8 Å². The Balaban J connectivity index is 2.02. The average Bonchev–Trinajstić information content (AvgIpc) is 2.38. The standard InChI is InChI=1S/C15H14N2O/c18-15(17-9-4-10-17)14-7-2-1-6-13(14)12-5-3-8-16-11-12/h1-3,5-8,11H,4,9-10H2. The quantitative estimate of drug-likeness (QED) is 0.805. The number of likely N-dealkylation sites (tertiary alicyclic amines) is 1. The Labute approximate surface area is 106 Å². The normalized spacial score (nSPS) is 14.1. The Morgan fingerprint density at radius 3 is 2.61 bits per heavy atom. The summed E-state index contributed by atoms with van der Waals surface area (Å²) >= 11 is 0. The minimum absolute atomic E-state index is 0.126. The summed E-state index contributed by atoms with van der Waals surface area (Å²) in [5, 5.41) is 0. The summed E-state index contributed by atoms with van der Waals surface area (Å²) in [7, 11) is 0. The zero-order valence-corrected chi connectivity index (χ0v) is 10.0. The van der Waals surface area contributed by atoms with Crippen LogP contribution in [0, 0.1) is 0 Å². The zero-order chi connectivity index (χ0) is 12.4. The van der Waals surface area contributed by atoms with Gasteiger partial charge in [-0.2, -0.15) is 0 Å². The molecule has 1 fully saturated rings. The third-order valence-corrected chi connectivity index (χ3v) is 3.27. The topological polar surface area (TPSA) is 33.2 Å². The van der Waals surface area contributed by atoms with E-state index in [2.05, 4.69) is 4.98 Å². The van der Waals surface area contributed by atoms with Gasteiger partial charge in [0.05, 0.1) is 0 Å². The number of carbonyl (C=O) groups is 1. The van der Waals surface area contributed by atoms with E-state index in [0.717, 1.165) is 36.2 Å². The monoisotopic (exact) mass is 238 g/mol. The van der Waals surface area contributed by atoms with Crippen molar-refractivity contribution in [3.05, 3.63) is 54.4 Å². The summed E-state index contributed by atoms with van der Waals surface area (Å²) in [4.78, 5) is 18.3. The van der Waals surface area contributed by atoms with Gasteiger partial charge in [0.1, 0.15) is 0 Å². The van der Waals surface area contributed by atoms with Gasteiger partial charge in [-0.3, -0.25) is 9.78 Å². The largest absolute Gasteiger partial charge is 0.338 e. The number of aromatic nitrogens is 1. The second kappa shape index (κ2) is 4.61. The molecule has 3 rings (SSSR count). The van der Waals surface area contributed by atoms with E-state index in [1.807, 2.05) is 41.3 Å². The van der Waals surface area contributed by atoms with Crippen LogP contribution in [0.2, 0.25) is 0 Å². The van der Waals surface area contributed by atoms with Gasteiger partial charge < -0.3 is 4.90 Å². The van der Waals surface area contributed by atoms with Crippen molar-refractivity contribution in [3.63, 3.8) is 0 Å². The lowest BCUT2D eigenvalue weighted by molar-refractivity contribution is 0.0652. The molecular weight excluding hydrogens is 224 g/mol. The van der Waals surface area contributed by atoms with Crippen molar-refractivity contribution in [2.75, 3.05) is 13.1 Å². The molecule has 1 amide bonds. The van der Waals surface area contributed by atoms with Gasteiger partial charge in [-0.05, 0) is 24.1 Å². The number of nitrogens with zero attached hydrogens (tertiary/aromatic N) is 2. The van der Waals surface area contributed by atoms with Gasteiger partial charge in [-0.15, -0.1) is 0 Å². The molecule has 90 valence electrons. The highest BCUT2D eigenvalue weighted by Gasteiger charge is 2.23. The Morgan fingerprint density at radius 1 is 1.11 bits per heavy atom. The molecule has 1 aliphatic heterocycles. The Kier molecular flexibility index (Phi) is 2.81. The summed E-state index contributed by atoms with van der Waals surface area (Å²) in [5.41, 5.74) is 2.72. The maximum atomic E-state index is 12.3. The maximum Gasteiger partial charge on any atom is 0.254 e. The van der Waals surface area contributed by atoms with E-state index in [0.29, 0.717) is 0 Å². The molecule has 1 aliphatic rings. The molecule has 0 aliphatic carbocycles. The lowest BCUT2D eigenvalue weighted by atomic mass is 9.99. The van der Waals surface area contributed by atoms with Crippen molar-refractivity contribution in [3.8, 4) is 11.1 Å². The lowest BCUT2D eigenvalue weighted by Gasteiger charge is -2.31. The SMILES string of the molecule is O=C(c1ccccc1-c1cccnc1)N1CCC1. The molecule has 2 aromatic rings. The summed E-state index contributed by atoms with van der Waals surface area (Å²) < 4.78 is 0. The molecule has 3 nitrogen and oxygen atoms in total. The maximum absolute atomic E-state index is 12.3. The van der Waals surface area contributed by atoms with Crippen LogP contribution in [0.25, 0.3) is 11.1 Å². The smallest absolute Gasteiger partial charge is 0.254 e. The predicted molar refractivity (Wildman–Crippen MR) is 70.2 cm³/mol. The van der Waals surface area contributed by atoms with Crippen molar-refractivity contribution in [2.24, 2.45) is 0 Å². The van der Waals surface area contributed by atoms with Crippen molar-refractivity contribution in [2.45, 2.75) is 6.42 Å². The highest BCUT2D eigenvalue weighted by atomic mass is 16.2. The van der Waals surface area contributed by atoms with E-state index in [1.54, 1.807) is 12.4 Å². The lowest BCUT2D eigenvalue weighted by Crippen LogP contribution is -2.42. The minimum atomic E-state index is 0.126. The first kappa shape index (κ1) is 11.0. The molecule has 1 saturated heterocycles. The molecule has 1 aromatic heterocycles. The molecule has 0 radical (unpaired) electrons. The third kappa shape index (κ3) is 1.88. The van der Waals surface area contributed by atoms with Crippen LogP contribution >= 0.6 is 0 Å². The fourth-order valence-corrected chi connectivity index (χ4v) is 2.13. The van der Waals surface area contributed by atoms with Gasteiger partial charge in [0.15, 0.2) is 0 Å². The van der Waals surface area contributed by atoms with Crippen molar-refractivity contribution in [1.29, 1.82) is 0 Å². The number of carbonyl (C=O) groups excluding carboxylic acids is 1. The van der Waals surface area contributed by atoms with Crippen LogP contribution in [0.3, 0.4) is 0 Å². The van der Waals surface area contributed by atoms with E-state index in [4.69, 9.17) is 0 Å². The first-order valence-corrected chi connectivity index (χ1v) is 6.15. The first-order chi connectivity index (χ1) is 8.86. The Bertz CT molecular complexity index is 562. The summed E-state index contributed by atoms with van der Waals surface area (Å²) in [6, 6.07) is 11.6. The predicted octanol–water partition coefficient (Wildman–Crippen LogP) is 2.59. The molecule has 0 spiro atoms. The van der Waals surface area contributed by atoms with Gasteiger partial charge in [-0.1, -0.05) is 24.3 Å². The first-order valence-electron chi connectivity index (χ1n) is 6.15. The van der Waals surface area contributed by atoms with Crippen molar-refractivity contribution >= 4 is 5.91 Å². The van der Waals surface area contributed by atoms with E-state index in [-0.39, 0.29) is 5.91 Å². The Hall–Kier alpha value is -2.16. The second-order valence-electron chi connectivity index (χ2n) is 4.43. The van der Waals surface area contributed by atoms with Crippen LogP contribution in [0.4, 0.5) is 0 Å². The molecule has 0 unspecified atom stereocenters. The highest BCUT2D eigenvalue weighted by molar-refractivity contribution is 6.01. The van der Waals surface area contributed by atoms with Crippen molar-refractivity contribution < 1.29 is 4.79 Å². The van der Waals surface area contributed by atoms with E-state index in [1.165, 1.54) is 0 Å². The van der Waals surface area contributed by atoms with Crippen LogP contribution in [-0.4, -0.2) is 28.9 Å². The second-order valence-corrected chi connectivity index (χ2v) is 4.43. The molecular formula is C15H14N2O. The summed E-state index contributed by atoms with van der Waals surface area (Å²) in [6.07, 6.45) is 4.65. The van der Waals surface area contributed by atoms with Crippen LogP contribution < -0.4 is 0 Å². The number of rotatable bonds is 2. The van der Waals surface area contributed by atoms with Crippen LogP contribution in [-0.2, 0) is 0 Å². The fraction of sp³-hybridized carbons (Fsp3) is 0.200. The molecule has 0 atom stereocenters. The van der Waals surface area contributed by atoms with Gasteiger partial charge in [-0.25, -0.2) is 0 Å². The number of pyridine rings is 1. The number of amides is 1. The number of hydrogen-bond acceptors (Lipinski definition) is 2. The molecule has 0 saturated carbocycles. The molecule has 18 heavy (non-hydrogen) atoms. The molecule has 1 aromatic carbocycles. The highest BCUT2D eigenvalue weighted by Crippen LogP contribution is 2.25. The zero-order valence-electron chi connectivity index (χ0n) is 10.0. The van der Waals surface area contributed by atoms with Gasteiger partial charge in [0.2, 0.25) is 0 Å². The fourth-order valence-electron chi connectivity index (χ4n) is 2.13. The molecule has 2 heterocycles. The van der Waals surface area contributed by atoms with E-state index in [9.17, 15) is 4.79 Å². The minimum Gasteiger partial charge on any atom is -0.338 e. The number of benzene rings is 1. The van der Waals surface area contributed by atoms with E-state index < -0.39 is 0 Å².